The van der Waals surface area contributed by atoms with E-state index < -0.39 is 0 Å². The minimum absolute atomic E-state index is 0.0732. The van der Waals surface area contributed by atoms with Crippen molar-refractivity contribution in [3.63, 3.8) is 0 Å². The van der Waals surface area contributed by atoms with Crippen molar-refractivity contribution in [1.29, 1.82) is 0 Å². The molecule has 2 rings (SSSR count). The summed E-state index contributed by atoms with van der Waals surface area (Å²) < 4.78 is 1.69. The van der Waals surface area contributed by atoms with Gasteiger partial charge in [-0.05, 0) is 6.07 Å². The van der Waals surface area contributed by atoms with E-state index in [1.165, 1.54) is 0 Å². The van der Waals surface area contributed by atoms with Crippen LogP contribution in [-0.4, -0.2) is 21.1 Å². The number of aryl methyl sites for hydroxylation is 1. The lowest BCUT2D eigenvalue weighted by Gasteiger charge is -2.18. The summed E-state index contributed by atoms with van der Waals surface area (Å²) in [6, 6.07) is 1.84. The molecule has 0 fully saturated rings. The van der Waals surface area contributed by atoms with Crippen molar-refractivity contribution >= 4 is 17.3 Å². The number of nitrogens with zero attached hydrogens (tertiary/aromatic N) is 3. The summed E-state index contributed by atoms with van der Waals surface area (Å²) in [7, 11) is 1.83. The third-order valence-electron chi connectivity index (χ3n) is 2.63. The number of rotatable bonds is 1. The van der Waals surface area contributed by atoms with Gasteiger partial charge in [0.25, 0.3) is 0 Å². The lowest BCUT2D eigenvalue weighted by molar-refractivity contribution is 0.112. The first kappa shape index (κ1) is 10.8. The van der Waals surface area contributed by atoms with Crippen LogP contribution in [0.5, 0.6) is 0 Å². The fraction of sp³-hybridized carbons (Fsp3) is 0.417. The normalized spacial score (nSPS) is 12.0. The van der Waals surface area contributed by atoms with Crippen LogP contribution < -0.4 is 0 Å². The van der Waals surface area contributed by atoms with Gasteiger partial charge >= 0.3 is 0 Å². The molecule has 4 heteroatoms. The second-order valence-electron chi connectivity index (χ2n) is 4.97. The van der Waals surface area contributed by atoms with Crippen molar-refractivity contribution in [3.8, 4) is 0 Å². The third-order valence-corrected chi connectivity index (χ3v) is 2.63. The van der Waals surface area contributed by atoms with Gasteiger partial charge in [-0.1, -0.05) is 20.8 Å². The molecule has 0 bridgehead atoms. The Bertz CT molecular complexity index is 549. The fourth-order valence-corrected chi connectivity index (χ4v) is 1.62. The predicted molar refractivity (Wildman–Crippen MR) is 62.6 cm³/mol. The van der Waals surface area contributed by atoms with Gasteiger partial charge in [-0.2, -0.15) is 5.10 Å². The van der Waals surface area contributed by atoms with Crippen molar-refractivity contribution in [2.45, 2.75) is 26.2 Å². The predicted octanol–water partition coefficient (Wildman–Crippen LogP) is 2.08. The van der Waals surface area contributed by atoms with Crippen LogP contribution in [0.1, 0.15) is 36.8 Å². The Balaban J connectivity index is 2.81. The van der Waals surface area contributed by atoms with E-state index >= 15 is 0 Å². The summed E-state index contributed by atoms with van der Waals surface area (Å²) in [5.41, 5.74) is 2.25. The molecule has 0 radical (unpaired) electrons. The standard InChI is InChI=1S/C12H15N3O/c1-12(2,3)10-5-8(7-16)9-6-13-15(4)11(9)14-10/h5-7H,1-4H3. The SMILES string of the molecule is Cn1ncc2c(C=O)cc(C(C)(C)C)nc21. The number of hydrogen-bond acceptors (Lipinski definition) is 3. The fourth-order valence-electron chi connectivity index (χ4n) is 1.62. The molecule has 0 N–H and O–H groups in total. The van der Waals surface area contributed by atoms with Crippen LogP contribution in [0, 0.1) is 0 Å². The zero-order chi connectivity index (χ0) is 11.9. The lowest BCUT2D eigenvalue weighted by atomic mass is 9.90. The van der Waals surface area contributed by atoms with Gasteiger partial charge in [0, 0.05) is 29.1 Å². The van der Waals surface area contributed by atoms with E-state index in [0.29, 0.717) is 5.56 Å². The molecule has 0 saturated carbocycles. The van der Waals surface area contributed by atoms with Gasteiger partial charge in [-0.3, -0.25) is 9.48 Å². The zero-order valence-electron chi connectivity index (χ0n) is 9.98. The molecule has 2 heterocycles. The van der Waals surface area contributed by atoms with Gasteiger partial charge in [-0.25, -0.2) is 4.98 Å². The van der Waals surface area contributed by atoms with Crippen molar-refractivity contribution in [2.75, 3.05) is 0 Å². The quantitative estimate of drug-likeness (QED) is 0.687. The molecule has 16 heavy (non-hydrogen) atoms. The van der Waals surface area contributed by atoms with E-state index in [0.717, 1.165) is 23.0 Å². The van der Waals surface area contributed by atoms with E-state index in [9.17, 15) is 4.79 Å². The van der Waals surface area contributed by atoms with Crippen LogP contribution in [0.3, 0.4) is 0 Å². The van der Waals surface area contributed by atoms with Crippen LogP contribution in [0.4, 0.5) is 0 Å². The Hall–Kier alpha value is -1.71. The first-order valence-electron chi connectivity index (χ1n) is 5.22. The van der Waals surface area contributed by atoms with Crippen LogP contribution in [0.25, 0.3) is 11.0 Å². The number of carbonyl (C=O) groups excluding carboxylic acids is 1. The smallest absolute Gasteiger partial charge is 0.158 e. The van der Waals surface area contributed by atoms with Crippen LogP contribution in [0.15, 0.2) is 12.3 Å². The van der Waals surface area contributed by atoms with Crippen molar-refractivity contribution in [2.24, 2.45) is 7.05 Å². The molecule has 0 aromatic carbocycles. The molecule has 4 nitrogen and oxygen atoms in total. The number of hydrogen-bond donors (Lipinski definition) is 0. The Morgan fingerprint density at radius 1 is 1.38 bits per heavy atom. The van der Waals surface area contributed by atoms with Crippen LogP contribution in [-0.2, 0) is 12.5 Å². The average Bonchev–Trinajstić information content (AvgIpc) is 2.58. The molecule has 2 aromatic heterocycles. The molecule has 84 valence electrons. The molecular formula is C12H15N3O. The number of aldehydes is 1. The zero-order valence-corrected chi connectivity index (χ0v) is 9.98. The maximum absolute atomic E-state index is 11.0. The monoisotopic (exact) mass is 217 g/mol. The highest BCUT2D eigenvalue weighted by Crippen LogP contribution is 2.24. The van der Waals surface area contributed by atoms with Gasteiger partial charge in [0.1, 0.15) is 0 Å². The van der Waals surface area contributed by atoms with E-state index in [4.69, 9.17) is 0 Å². The Morgan fingerprint density at radius 3 is 2.62 bits per heavy atom. The van der Waals surface area contributed by atoms with Crippen molar-refractivity contribution in [3.05, 3.63) is 23.5 Å². The maximum atomic E-state index is 11.0. The van der Waals surface area contributed by atoms with Gasteiger partial charge in [0.05, 0.1) is 6.20 Å². The third kappa shape index (κ3) is 1.60. The summed E-state index contributed by atoms with van der Waals surface area (Å²) in [6.45, 7) is 6.23. The number of carbonyl (C=O) groups is 1. The van der Waals surface area contributed by atoms with Gasteiger partial charge in [0.15, 0.2) is 11.9 Å². The topological polar surface area (TPSA) is 47.8 Å². The van der Waals surface area contributed by atoms with E-state index in [1.807, 2.05) is 13.1 Å². The summed E-state index contributed by atoms with van der Waals surface area (Å²) in [5.74, 6) is 0. The molecule has 0 atom stereocenters. The van der Waals surface area contributed by atoms with E-state index in [2.05, 4.69) is 30.9 Å². The van der Waals surface area contributed by atoms with Gasteiger partial charge in [0.2, 0.25) is 0 Å². The summed E-state index contributed by atoms with van der Waals surface area (Å²) in [5, 5.41) is 4.93. The highest BCUT2D eigenvalue weighted by molar-refractivity contribution is 5.95. The highest BCUT2D eigenvalue weighted by atomic mass is 16.1. The number of pyridine rings is 1. The lowest BCUT2D eigenvalue weighted by Crippen LogP contribution is -2.14. The molecule has 0 spiro atoms. The molecule has 0 aliphatic heterocycles. The molecular weight excluding hydrogens is 202 g/mol. The number of fused-ring (bicyclic) bond motifs is 1. The number of aromatic nitrogens is 3. The van der Waals surface area contributed by atoms with Gasteiger partial charge < -0.3 is 0 Å². The Kier molecular flexibility index (Phi) is 2.30. The maximum Gasteiger partial charge on any atom is 0.158 e. The van der Waals surface area contributed by atoms with Crippen molar-refractivity contribution in [1.82, 2.24) is 14.8 Å². The van der Waals surface area contributed by atoms with Crippen LogP contribution in [0.2, 0.25) is 0 Å². The van der Waals surface area contributed by atoms with E-state index in [-0.39, 0.29) is 5.41 Å². The molecule has 0 saturated heterocycles. The Labute approximate surface area is 94.3 Å². The first-order valence-corrected chi connectivity index (χ1v) is 5.22. The summed E-state index contributed by atoms with van der Waals surface area (Å²) in [4.78, 5) is 15.6. The largest absolute Gasteiger partial charge is 0.298 e. The molecule has 0 amide bonds. The minimum Gasteiger partial charge on any atom is -0.298 e. The highest BCUT2D eigenvalue weighted by Gasteiger charge is 2.19. The summed E-state index contributed by atoms with van der Waals surface area (Å²) >= 11 is 0. The minimum atomic E-state index is -0.0732. The van der Waals surface area contributed by atoms with Crippen LogP contribution >= 0.6 is 0 Å². The molecule has 0 aliphatic carbocycles. The second kappa shape index (κ2) is 3.40. The summed E-state index contributed by atoms with van der Waals surface area (Å²) in [6.07, 6.45) is 2.54. The van der Waals surface area contributed by atoms with Gasteiger partial charge in [-0.15, -0.1) is 0 Å². The van der Waals surface area contributed by atoms with E-state index in [1.54, 1.807) is 10.9 Å². The second-order valence-corrected chi connectivity index (χ2v) is 4.97. The Morgan fingerprint density at radius 2 is 2.06 bits per heavy atom. The first-order chi connectivity index (χ1) is 7.43. The van der Waals surface area contributed by atoms with Crippen molar-refractivity contribution < 1.29 is 4.79 Å². The molecule has 2 aromatic rings. The average molecular weight is 217 g/mol. The molecule has 0 unspecified atom stereocenters. The molecule has 0 aliphatic rings.